The number of sulfonamides is 1. The van der Waals surface area contributed by atoms with Crippen molar-refractivity contribution in [1.82, 2.24) is 10.0 Å². The predicted molar refractivity (Wildman–Crippen MR) is 100 cm³/mol. The molecule has 0 radical (unpaired) electrons. The first kappa shape index (κ1) is 18.6. The Labute approximate surface area is 156 Å². The Balaban J connectivity index is 1.58. The second kappa shape index (κ2) is 8.03. The van der Waals surface area contributed by atoms with E-state index in [1.165, 1.54) is 12.1 Å². The molecule has 1 aliphatic heterocycles. The van der Waals surface area contributed by atoms with Gasteiger partial charge >= 0.3 is 0 Å². The fourth-order valence-corrected chi connectivity index (χ4v) is 4.50. The van der Waals surface area contributed by atoms with E-state index in [1.54, 1.807) is 12.1 Å². The minimum Gasteiger partial charge on any atom is -0.286 e. The molecule has 1 unspecified atom stereocenters. The Morgan fingerprint density at radius 2 is 1.65 bits per heavy atom. The Morgan fingerprint density at radius 3 is 2.27 bits per heavy atom. The maximum Gasteiger partial charge on any atom is 0.286 e. The molecule has 2 N–H and O–H groups in total. The van der Waals surface area contributed by atoms with Crippen LogP contribution in [0, 0.1) is 0 Å². The standard InChI is InChI=1S/C18H18N2O4S2/c21-17-16(25-18(22)20-17)12-14-6-8-15(9-7-14)26(23,24)19-11-10-13-4-2-1-3-5-13/h1-9,16,19H,10-12H2,(H,20,21,22). The fourth-order valence-electron chi connectivity index (χ4n) is 2.60. The molecule has 8 heteroatoms. The number of hydrogen-bond acceptors (Lipinski definition) is 5. The molecular formula is C18H18N2O4S2. The van der Waals surface area contributed by atoms with Crippen molar-refractivity contribution in [3.8, 4) is 0 Å². The van der Waals surface area contributed by atoms with Gasteiger partial charge in [-0.1, -0.05) is 54.2 Å². The van der Waals surface area contributed by atoms with Crippen molar-refractivity contribution in [2.45, 2.75) is 23.0 Å². The van der Waals surface area contributed by atoms with Gasteiger partial charge in [-0.15, -0.1) is 0 Å². The van der Waals surface area contributed by atoms with E-state index in [0.29, 0.717) is 19.4 Å². The Hall–Kier alpha value is -2.16. The summed E-state index contributed by atoms with van der Waals surface area (Å²) in [5.74, 6) is -0.306. The molecule has 6 nitrogen and oxygen atoms in total. The number of thioether (sulfide) groups is 1. The lowest BCUT2D eigenvalue weighted by Gasteiger charge is -2.09. The first-order chi connectivity index (χ1) is 12.4. The summed E-state index contributed by atoms with van der Waals surface area (Å²) in [5.41, 5.74) is 1.86. The molecule has 0 aromatic heterocycles. The highest BCUT2D eigenvalue weighted by atomic mass is 32.2. The number of benzene rings is 2. The SMILES string of the molecule is O=C1NC(=O)C(Cc2ccc(S(=O)(=O)NCCc3ccccc3)cc2)S1. The van der Waals surface area contributed by atoms with Gasteiger partial charge < -0.3 is 0 Å². The Morgan fingerprint density at radius 1 is 0.962 bits per heavy atom. The van der Waals surface area contributed by atoms with Crippen LogP contribution in [0.1, 0.15) is 11.1 Å². The van der Waals surface area contributed by atoms with Crippen LogP contribution in [0.5, 0.6) is 0 Å². The van der Waals surface area contributed by atoms with Crippen molar-refractivity contribution in [3.05, 3.63) is 65.7 Å². The quantitative estimate of drug-likeness (QED) is 0.755. The zero-order chi connectivity index (χ0) is 18.6. The summed E-state index contributed by atoms with van der Waals surface area (Å²) in [7, 11) is -3.58. The molecule has 0 saturated carbocycles. The molecule has 136 valence electrons. The van der Waals surface area contributed by atoms with Gasteiger partial charge in [-0.3, -0.25) is 14.9 Å². The number of carbonyl (C=O) groups excluding carboxylic acids is 2. The highest BCUT2D eigenvalue weighted by Crippen LogP contribution is 2.23. The highest BCUT2D eigenvalue weighted by molar-refractivity contribution is 8.15. The van der Waals surface area contributed by atoms with Crippen LogP contribution in [0.2, 0.25) is 0 Å². The van der Waals surface area contributed by atoms with Crippen LogP contribution in [-0.4, -0.2) is 31.4 Å². The van der Waals surface area contributed by atoms with E-state index in [0.717, 1.165) is 22.9 Å². The third kappa shape index (κ3) is 4.72. The average molecular weight is 390 g/mol. The Kier molecular flexibility index (Phi) is 5.75. The minimum atomic E-state index is -3.58. The van der Waals surface area contributed by atoms with E-state index in [2.05, 4.69) is 10.0 Å². The minimum absolute atomic E-state index is 0.175. The summed E-state index contributed by atoms with van der Waals surface area (Å²) in [6.45, 7) is 0.315. The van der Waals surface area contributed by atoms with Crippen LogP contribution in [0.3, 0.4) is 0 Å². The van der Waals surface area contributed by atoms with Gasteiger partial charge in [0.05, 0.1) is 10.1 Å². The lowest BCUT2D eigenvalue weighted by atomic mass is 10.1. The first-order valence-electron chi connectivity index (χ1n) is 8.08. The van der Waals surface area contributed by atoms with E-state index in [4.69, 9.17) is 0 Å². The van der Waals surface area contributed by atoms with E-state index in [1.807, 2.05) is 30.3 Å². The van der Waals surface area contributed by atoms with Crippen LogP contribution >= 0.6 is 11.8 Å². The molecule has 2 aromatic rings. The predicted octanol–water partition coefficient (Wildman–Crippen LogP) is 2.10. The van der Waals surface area contributed by atoms with E-state index >= 15 is 0 Å². The van der Waals surface area contributed by atoms with Gasteiger partial charge in [0.15, 0.2) is 0 Å². The van der Waals surface area contributed by atoms with Crippen molar-refractivity contribution in [2.75, 3.05) is 6.54 Å². The van der Waals surface area contributed by atoms with Gasteiger partial charge in [-0.2, -0.15) is 0 Å². The first-order valence-corrected chi connectivity index (χ1v) is 10.4. The third-order valence-corrected chi connectivity index (χ3v) is 6.43. The molecule has 0 spiro atoms. The maximum absolute atomic E-state index is 12.3. The molecule has 1 atom stereocenters. The van der Waals surface area contributed by atoms with Gasteiger partial charge in [0.1, 0.15) is 0 Å². The van der Waals surface area contributed by atoms with E-state index in [9.17, 15) is 18.0 Å². The summed E-state index contributed by atoms with van der Waals surface area (Å²) in [6.07, 6.45) is 0.990. The lowest BCUT2D eigenvalue weighted by molar-refractivity contribution is -0.118. The molecule has 26 heavy (non-hydrogen) atoms. The molecule has 2 amide bonds. The van der Waals surface area contributed by atoms with Crippen LogP contribution in [0.15, 0.2) is 59.5 Å². The van der Waals surface area contributed by atoms with Gasteiger partial charge in [-0.25, -0.2) is 13.1 Å². The number of rotatable bonds is 7. The zero-order valence-corrected chi connectivity index (χ0v) is 15.5. The smallest absolute Gasteiger partial charge is 0.286 e. The number of nitrogens with one attached hydrogen (secondary N) is 2. The molecule has 1 fully saturated rings. The van der Waals surface area contributed by atoms with Crippen LogP contribution < -0.4 is 10.0 Å². The second-order valence-electron chi connectivity index (χ2n) is 5.86. The highest BCUT2D eigenvalue weighted by Gasteiger charge is 2.31. The monoisotopic (exact) mass is 390 g/mol. The summed E-state index contributed by atoms with van der Waals surface area (Å²) in [5, 5.41) is 1.43. The zero-order valence-electron chi connectivity index (χ0n) is 13.8. The van der Waals surface area contributed by atoms with Crippen molar-refractivity contribution in [1.29, 1.82) is 0 Å². The van der Waals surface area contributed by atoms with E-state index < -0.39 is 15.3 Å². The second-order valence-corrected chi connectivity index (χ2v) is 8.81. The molecule has 0 bridgehead atoms. The topological polar surface area (TPSA) is 92.3 Å². The normalized spacial score (nSPS) is 17.3. The molecule has 1 saturated heterocycles. The number of amides is 2. The summed E-state index contributed by atoms with van der Waals surface area (Å²) < 4.78 is 27.3. The molecule has 1 heterocycles. The van der Waals surface area contributed by atoms with Crippen molar-refractivity contribution in [2.24, 2.45) is 0 Å². The molecule has 2 aromatic carbocycles. The van der Waals surface area contributed by atoms with Gasteiger partial charge in [0, 0.05) is 6.54 Å². The van der Waals surface area contributed by atoms with Crippen LogP contribution in [-0.2, 0) is 27.7 Å². The fraction of sp³-hybridized carbons (Fsp3) is 0.222. The number of hydrogen-bond donors (Lipinski definition) is 2. The van der Waals surface area contributed by atoms with Crippen molar-refractivity contribution in [3.63, 3.8) is 0 Å². The van der Waals surface area contributed by atoms with Gasteiger partial charge in [0.25, 0.3) is 5.24 Å². The molecular weight excluding hydrogens is 372 g/mol. The van der Waals surface area contributed by atoms with Gasteiger partial charge in [-0.05, 0) is 36.1 Å². The van der Waals surface area contributed by atoms with Crippen molar-refractivity contribution >= 4 is 32.9 Å². The average Bonchev–Trinajstić information content (AvgIpc) is 2.93. The van der Waals surface area contributed by atoms with Crippen LogP contribution in [0.4, 0.5) is 4.79 Å². The van der Waals surface area contributed by atoms with E-state index in [-0.39, 0.29) is 16.0 Å². The summed E-state index contributed by atoms with van der Waals surface area (Å²) >= 11 is 0.957. The number of carbonyl (C=O) groups is 2. The molecule has 0 aliphatic carbocycles. The third-order valence-electron chi connectivity index (χ3n) is 3.97. The molecule has 1 aliphatic rings. The van der Waals surface area contributed by atoms with Crippen LogP contribution in [0.25, 0.3) is 0 Å². The maximum atomic E-state index is 12.3. The largest absolute Gasteiger partial charge is 0.286 e. The Bertz CT molecular complexity index is 897. The lowest BCUT2D eigenvalue weighted by Crippen LogP contribution is -2.26. The summed E-state index contributed by atoms with van der Waals surface area (Å²) in [6, 6.07) is 16.0. The summed E-state index contributed by atoms with van der Waals surface area (Å²) in [4.78, 5) is 23.0. The number of imide groups is 1. The van der Waals surface area contributed by atoms with Crippen molar-refractivity contribution < 1.29 is 18.0 Å². The molecule has 3 rings (SSSR count). The van der Waals surface area contributed by atoms with Gasteiger partial charge in [0.2, 0.25) is 15.9 Å².